The van der Waals surface area contributed by atoms with Crippen LogP contribution in [0, 0.1) is 6.92 Å². The van der Waals surface area contributed by atoms with Crippen molar-refractivity contribution in [2.75, 3.05) is 31.4 Å². The third-order valence-corrected chi connectivity index (χ3v) is 3.07. The van der Waals surface area contributed by atoms with E-state index in [1.807, 2.05) is 31.2 Å². The van der Waals surface area contributed by atoms with Crippen LogP contribution < -0.4 is 20.1 Å². The van der Waals surface area contributed by atoms with Crippen molar-refractivity contribution < 1.29 is 9.47 Å². The average molecular weight is 302 g/mol. The van der Waals surface area contributed by atoms with Crippen LogP contribution >= 0.6 is 0 Å². The molecule has 1 aromatic carbocycles. The van der Waals surface area contributed by atoms with Crippen LogP contribution in [0.15, 0.2) is 24.3 Å². The lowest BCUT2D eigenvalue weighted by molar-refractivity contribution is 0.395. The number of anilines is 3. The Bertz CT molecular complexity index is 632. The molecule has 0 aliphatic rings. The molecule has 2 rings (SSSR count). The van der Waals surface area contributed by atoms with Gasteiger partial charge in [0.15, 0.2) is 0 Å². The predicted molar refractivity (Wildman–Crippen MR) is 88.4 cm³/mol. The quantitative estimate of drug-likeness (QED) is 0.817. The van der Waals surface area contributed by atoms with Gasteiger partial charge in [-0.05, 0) is 25.5 Å². The van der Waals surface area contributed by atoms with E-state index in [-0.39, 0.29) is 0 Å². The number of benzene rings is 1. The molecule has 0 aliphatic carbocycles. The van der Waals surface area contributed by atoms with Gasteiger partial charge in [-0.1, -0.05) is 6.92 Å². The van der Waals surface area contributed by atoms with Crippen LogP contribution in [0.2, 0.25) is 0 Å². The van der Waals surface area contributed by atoms with Crippen molar-refractivity contribution in [3.8, 4) is 11.5 Å². The number of hydrogen-bond donors (Lipinski definition) is 2. The smallest absolute Gasteiger partial charge is 0.229 e. The van der Waals surface area contributed by atoms with Gasteiger partial charge in [-0.2, -0.15) is 4.98 Å². The van der Waals surface area contributed by atoms with Crippen molar-refractivity contribution in [1.82, 2.24) is 9.97 Å². The maximum Gasteiger partial charge on any atom is 0.229 e. The molecule has 0 aliphatic heterocycles. The Hall–Kier alpha value is -2.50. The van der Waals surface area contributed by atoms with Crippen molar-refractivity contribution in [3.05, 3.63) is 30.0 Å². The van der Waals surface area contributed by atoms with Gasteiger partial charge in [-0.15, -0.1) is 0 Å². The van der Waals surface area contributed by atoms with Gasteiger partial charge in [0, 0.05) is 24.4 Å². The molecule has 2 N–H and O–H groups in total. The lowest BCUT2D eigenvalue weighted by atomic mass is 10.2. The lowest BCUT2D eigenvalue weighted by Crippen LogP contribution is -2.06. The third-order valence-electron chi connectivity index (χ3n) is 3.07. The molecule has 1 aromatic heterocycles. The summed E-state index contributed by atoms with van der Waals surface area (Å²) in [6, 6.07) is 7.47. The summed E-state index contributed by atoms with van der Waals surface area (Å²) in [6.45, 7) is 4.93. The fraction of sp³-hybridized carbons (Fsp3) is 0.375. The normalized spacial score (nSPS) is 10.2. The number of aryl methyl sites for hydroxylation is 1. The third kappa shape index (κ3) is 4.00. The Morgan fingerprint density at radius 2 is 1.91 bits per heavy atom. The Morgan fingerprint density at radius 3 is 2.59 bits per heavy atom. The number of methoxy groups -OCH3 is 2. The van der Waals surface area contributed by atoms with Gasteiger partial charge in [0.2, 0.25) is 5.95 Å². The molecule has 22 heavy (non-hydrogen) atoms. The summed E-state index contributed by atoms with van der Waals surface area (Å²) in [4.78, 5) is 8.87. The van der Waals surface area contributed by atoms with Crippen LogP contribution in [0.1, 0.15) is 19.0 Å². The number of nitrogens with one attached hydrogen (secondary N) is 2. The standard InChI is InChI=1S/C16H22N4O2/c1-5-8-17-15-9-11(2)18-16(20-15)19-13-7-6-12(21-3)10-14(13)22-4/h6-7,9-10H,5,8H2,1-4H3,(H2,17,18,19,20). The van der Waals surface area contributed by atoms with E-state index in [0.717, 1.165) is 35.9 Å². The molecule has 0 atom stereocenters. The van der Waals surface area contributed by atoms with Crippen LogP contribution in [0.25, 0.3) is 0 Å². The van der Waals surface area contributed by atoms with E-state index in [9.17, 15) is 0 Å². The topological polar surface area (TPSA) is 68.3 Å². The fourth-order valence-electron chi connectivity index (χ4n) is 1.99. The summed E-state index contributed by atoms with van der Waals surface area (Å²) in [6.07, 6.45) is 1.04. The second-order valence-electron chi connectivity index (χ2n) is 4.84. The van der Waals surface area contributed by atoms with E-state index in [1.165, 1.54) is 0 Å². The Kier molecular flexibility index (Phi) is 5.41. The van der Waals surface area contributed by atoms with E-state index in [0.29, 0.717) is 11.7 Å². The maximum atomic E-state index is 5.37. The molecule has 0 fully saturated rings. The van der Waals surface area contributed by atoms with Crippen molar-refractivity contribution in [2.24, 2.45) is 0 Å². The predicted octanol–water partition coefficient (Wildman–Crippen LogP) is 3.37. The Balaban J connectivity index is 2.24. The summed E-state index contributed by atoms with van der Waals surface area (Å²) in [5.41, 5.74) is 1.68. The van der Waals surface area contributed by atoms with E-state index < -0.39 is 0 Å². The summed E-state index contributed by atoms with van der Waals surface area (Å²) in [7, 11) is 3.24. The SMILES string of the molecule is CCCNc1cc(C)nc(Nc2ccc(OC)cc2OC)n1. The second kappa shape index (κ2) is 7.49. The maximum absolute atomic E-state index is 5.37. The number of aromatic nitrogens is 2. The zero-order chi connectivity index (χ0) is 15.9. The van der Waals surface area contributed by atoms with E-state index in [1.54, 1.807) is 14.2 Å². The molecule has 0 radical (unpaired) electrons. The molecule has 0 unspecified atom stereocenters. The van der Waals surface area contributed by atoms with Gasteiger partial charge < -0.3 is 20.1 Å². The van der Waals surface area contributed by atoms with Crippen LogP contribution in [0.3, 0.4) is 0 Å². The van der Waals surface area contributed by atoms with Crippen LogP contribution in [0.4, 0.5) is 17.5 Å². The van der Waals surface area contributed by atoms with Gasteiger partial charge in [-0.3, -0.25) is 0 Å². The van der Waals surface area contributed by atoms with E-state index >= 15 is 0 Å². The molecule has 1 heterocycles. The van der Waals surface area contributed by atoms with Crippen LogP contribution in [-0.4, -0.2) is 30.7 Å². The molecule has 0 saturated heterocycles. The van der Waals surface area contributed by atoms with Gasteiger partial charge in [0.1, 0.15) is 17.3 Å². The zero-order valence-corrected chi connectivity index (χ0v) is 13.4. The van der Waals surface area contributed by atoms with Crippen LogP contribution in [-0.2, 0) is 0 Å². The largest absolute Gasteiger partial charge is 0.497 e. The van der Waals surface area contributed by atoms with Crippen molar-refractivity contribution in [2.45, 2.75) is 20.3 Å². The van der Waals surface area contributed by atoms with Gasteiger partial charge in [-0.25, -0.2) is 4.98 Å². The molecular weight excluding hydrogens is 280 g/mol. The number of rotatable bonds is 7. The zero-order valence-electron chi connectivity index (χ0n) is 13.4. The highest BCUT2D eigenvalue weighted by Gasteiger charge is 2.08. The number of hydrogen-bond acceptors (Lipinski definition) is 6. The molecular formula is C16H22N4O2. The van der Waals surface area contributed by atoms with Gasteiger partial charge in [0.25, 0.3) is 0 Å². The highest BCUT2D eigenvalue weighted by atomic mass is 16.5. The molecule has 2 aromatic rings. The van der Waals surface area contributed by atoms with Crippen molar-refractivity contribution in [1.29, 1.82) is 0 Å². The first kappa shape index (κ1) is 15.9. The molecule has 0 amide bonds. The summed E-state index contributed by atoms with van der Waals surface area (Å²) >= 11 is 0. The minimum Gasteiger partial charge on any atom is -0.497 e. The minimum atomic E-state index is 0.530. The first-order valence-electron chi connectivity index (χ1n) is 7.25. The fourth-order valence-corrected chi connectivity index (χ4v) is 1.99. The number of ether oxygens (including phenoxy) is 2. The summed E-state index contributed by atoms with van der Waals surface area (Å²) in [5, 5.41) is 6.46. The second-order valence-corrected chi connectivity index (χ2v) is 4.84. The van der Waals surface area contributed by atoms with Crippen molar-refractivity contribution in [3.63, 3.8) is 0 Å². The monoisotopic (exact) mass is 302 g/mol. The molecule has 6 nitrogen and oxygen atoms in total. The first-order chi connectivity index (χ1) is 10.7. The summed E-state index contributed by atoms with van der Waals surface area (Å²) in [5.74, 6) is 2.75. The highest BCUT2D eigenvalue weighted by molar-refractivity contribution is 5.65. The molecule has 118 valence electrons. The van der Waals surface area contributed by atoms with Gasteiger partial charge in [0.05, 0.1) is 19.9 Å². The summed E-state index contributed by atoms with van der Waals surface area (Å²) < 4.78 is 10.6. The highest BCUT2D eigenvalue weighted by Crippen LogP contribution is 2.30. The first-order valence-corrected chi connectivity index (χ1v) is 7.25. The van der Waals surface area contributed by atoms with E-state index in [4.69, 9.17) is 9.47 Å². The Morgan fingerprint density at radius 1 is 1.09 bits per heavy atom. The molecule has 0 bridgehead atoms. The van der Waals surface area contributed by atoms with E-state index in [2.05, 4.69) is 27.5 Å². The number of nitrogens with zero attached hydrogens (tertiary/aromatic N) is 2. The van der Waals surface area contributed by atoms with Crippen LogP contribution in [0.5, 0.6) is 11.5 Å². The molecule has 0 saturated carbocycles. The van der Waals surface area contributed by atoms with Crippen molar-refractivity contribution >= 4 is 17.5 Å². The average Bonchev–Trinajstić information content (AvgIpc) is 2.52. The molecule has 6 heteroatoms. The molecule has 0 spiro atoms. The van der Waals surface area contributed by atoms with Gasteiger partial charge >= 0.3 is 0 Å². The lowest BCUT2D eigenvalue weighted by Gasteiger charge is -2.13. The Labute approximate surface area is 130 Å². The minimum absolute atomic E-state index is 0.530.